The molecule has 0 unspecified atom stereocenters. The van der Waals surface area contributed by atoms with E-state index in [1.165, 1.54) is 5.56 Å². The number of para-hydroxylation sites is 1. The third kappa shape index (κ3) is 4.89. The third-order valence-corrected chi connectivity index (χ3v) is 7.60. The molecule has 2 aromatic heterocycles. The Hall–Kier alpha value is -4.13. The van der Waals surface area contributed by atoms with Gasteiger partial charge in [-0.2, -0.15) is 0 Å². The van der Waals surface area contributed by atoms with E-state index in [1.807, 2.05) is 85.1 Å². The van der Waals surface area contributed by atoms with Crippen molar-refractivity contribution in [1.82, 2.24) is 14.9 Å². The van der Waals surface area contributed by atoms with E-state index in [2.05, 4.69) is 52.9 Å². The van der Waals surface area contributed by atoms with Gasteiger partial charge in [-0.25, -0.2) is 0 Å². The van der Waals surface area contributed by atoms with Crippen LogP contribution in [0.25, 0.3) is 5.69 Å². The lowest BCUT2D eigenvalue weighted by molar-refractivity contribution is 0.482. The lowest BCUT2D eigenvalue weighted by atomic mass is 9.96. The molecule has 1 N–H and O–H groups in total. The number of benzene rings is 3. The first kappa shape index (κ1) is 25.2. The smallest absolute Gasteiger partial charge is 0.174 e. The van der Waals surface area contributed by atoms with Crippen LogP contribution in [0, 0.1) is 13.8 Å². The summed E-state index contributed by atoms with van der Waals surface area (Å²) in [5, 5.41) is 4.92. The van der Waals surface area contributed by atoms with Crippen molar-refractivity contribution in [3.05, 3.63) is 137 Å². The van der Waals surface area contributed by atoms with Crippen LogP contribution in [-0.2, 0) is 0 Å². The highest BCUT2D eigenvalue weighted by Crippen LogP contribution is 2.44. The zero-order valence-corrected chi connectivity index (χ0v) is 23.2. The lowest BCUT2D eigenvalue weighted by Crippen LogP contribution is -2.29. The maximum atomic E-state index is 6.36. The van der Waals surface area contributed by atoms with Crippen molar-refractivity contribution in [3.8, 4) is 17.2 Å². The molecule has 1 fully saturated rings. The summed E-state index contributed by atoms with van der Waals surface area (Å²) in [6.45, 7) is 4.27. The van der Waals surface area contributed by atoms with Gasteiger partial charge in [-0.05, 0) is 104 Å². The SMILES string of the molecule is Cc1cc([C@@H]2[C@@H](c3ccccn3)NC(=S)N2c2ccc(Oc3ccccc3)cc2)c(C)n1-c1cccc(Cl)c1. The van der Waals surface area contributed by atoms with Gasteiger partial charge >= 0.3 is 0 Å². The number of nitrogens with zero attached hydrogens (tertiary/aromatic N) is 3. The quantitative estimate of drug-likeness (QED) is 0.216. The number of nitrogens with one attached hydrogen (secondary N) is 1. The minimum Gasteiger partial charge on any atom is -0.457 e. The molecule has 0 saturated carbocycles. The van der Waals surface area contributed by atoms with Crippen LogP contribution in [0.15, 0.2) is 109 Å². The van der Waals surface area contributed by atoms with E-state index < -0.39 is 0 Å². The first-order valence-electron chi connectivity index (χ1n) is 12.8. The number of anilines is 1. The van der Waals surface area contributed by atoms with Gasteiger partial charge in [0.2, 0.25) is 0 Å². The fraction of sp³-hybridized carbons (Fsp3) is 0.125. The topological polar surface area (TPSA) is 42.3 Å². The van der Waals surface area contributed by atoms with Gasteiger partial charge < -0.3 is 19.5 Å². The molecule has 0 radical (unpaired) electrons. The van der Waals surface area contributed by atoms with Gasteiger partial charge in [-0.1, -0.05) is 41.9 Å². The molecule has 1 saturated heterocycles. The van der Waals surface area contributed by atoms with Gasteiger partial charge in [-0.15, -0.1) is 0 Å². The van der Waals surface area contributed by atoms with Gasteiger partial charge in [0.15, 0.2) is 5.11 Å². The molecule has 5 aromatic rings. The highest BCUT2D eigenvalue weighted by Gasteiger charge is 2.42. The summed E-state index contributed by atoms with van der Waals surface area (Å²) >= 11 is 12.3. The molecule has 3 aromatic carbocycles. The van der Waals surface area contributed by atoms with Gasteiger partial charge in [0.05, 0.1) is 17.8 Å². The Bertz CT molecular complexity index is 1620. The van der Waals surface area contributed by atoms with Crippen LogP contribution < -0.4 is 15.0 Å². The molecule has 1 aliphatic rings. The molecule has 2 atom stereocenters. The Balaban J connectivity index is 1.42. The monoisotopic (exact) mass is 550 g/mol. The minimum atomic E-state index is -0.132. The molecule has 194 valence electrons. The van der Waals surface area contributed by atoms with Crippen LogP contribution >= 0.6 is 23.8 Å². The summed E-state index contributed by atoms with van der Waals surface area (Å²) in [4.78, 5) is 6.88. The number of hydrogen-bond acceptors (Lipinski definition) is 3. The van der Waals surface area contributed by atoms with E-state index in [1.54, 1.807) is 0 Å². The molecule has 0 amide bonds. The fourth-order valence-corrected chi connectivity index (χ4v) is 5.88. The Morgan fingerprint density at radius 1 is 0.821 bits per heavy atom. The average Bonchev–Trinajstić information content (AvgIpc) is 3.45. The number of pyridine rings is 1. The second-order valence-corrected chi connectivity index (χ2v) is 10.4. The van der Waals surface area contributed by atoms with Crippen molar-refractivity contribution in [2.45, 2.75) is 25.9 Å². The van der Waals surface area contributed by atoms with Crippen LogP contribution in [0.5, 0.6) is 11.5 Å². The van der Waals surface area contributed by atoms with Crippen LogP contribution in [0.1, 0.15) is 34.7 Å². The van der Waals surface area contributed by atoms with Crippen molar-refractivity contribution >= 4 is 34.6 Å². The maximum absolute atomic E-state index is 6.36. The standard InChI is InChI=1S/C32H27ClN4OS/c1-21-19-28(22(2)36(21)25-10-8-9-23(33)20-25)31-30(29-13-6-7-18-34-29)35-32(39)37(31)24-14-16-27(17-15-24)38-26-11-4-3-5-12-26/h3-20,30-31H,1-2H3,(H,35,39)/t30-,31-/m1/s1. The molecule has 3 heterocycles. The summed E-state index contributed by atoms with van der Waals surface area (Å²) in [6.07, 6.45) is 1.82. The number of hydrogen-bond donors (Lipinski definition) is 1. The molecule has 0 bridgehead atoms. The zero-order valence-electron chi connectivity index (χ0n) is 21.6. The Morgan fingerprint density at radius 3 is 2.28 bits per heavy atom. The Morgan fingerprint density at radius 2 is 1.56 bits per heavy atom. The highest BCUT2D eigenvalue weighted by molar-refractivity contribution is 7.80. The average molecular weight is 551 g/mol. The minimum absolute atomic E-state index is 0.118. The molecular formula is C32H27ClN4OS. The molecule has 7 heteroatoms. The number of aryl methyl sites for hydroxylation is 1. The summed E-state index contributed by atoms with van der Waals surface area (Å²) in [5.74, 6) is 1.56. The predicted molar refractivity (Wildman–Crippen MR) is 161 cm³/mol. The highest BCUT2D eigenvalue weighted by atomic mass is 35.5. The van der Waals surface area contributed by atoms with Crippen molar-refractivity contribution in [1.29, 1.82) is 0 Å². The molecule has 39 heavy (non-hydrogen) atoms. The Kier molecular flexibility index (Phi) is 6.81. The number of rotatable bonds is 6. The first-order chi connectivity index (χ1) is 19.0. The van der Waals surface area contributed by atoms with E-state index in [9.17, 15) is 0 Å². The first-order valence-corrected chi connectivity index (χ1v) is 13.6. The largest absolute Gasteiger partial charge is 0.457 e. The summed E-state index contributed by atoms with van der Waals surface area (Å²) < 4.78 is 8.27. The van der Waals surface area contributed by atoms with Crippen molar-refractivity contribution in [2.75, 3.05) is 4.90 Å². The van der Waals surface area contributed by atoms with Gasteiger partial charge in [0.25, 0.3) is 0 Å². The molecular weight excluding hydrogens is 524 g/mol. The number of halogens is 1. The van der Waals surface area contributed by atoms with Gasteiger partial charge in [0, 0.05) is 34.0 Å². The second-order valence-electron chi connectivity index (χ2n) is 9.55. The summed E-state index contributed by atoms with van der Waals surface area (Å²) in [6, 6.07) is 33.7. The van der Waals surface area contributed by atoms with Crippen LogP contribution in [0.3, 0.4) is 0 Å². The van der Waals surface area contributed by atoms with E-state index in [4.69, 9.17) is 33.5 Å². The maximum Gasteiger partial charge on any atom is 0.174 e. The number of aromatic nitrogens is 2. The molecule has 5 nitrogen and oxygen atoms in total. The van der Waals surface area contributed by atoms with Gasteiger partial charge in [0.1, 0.15) is 11.5 Å². The van der Waals surface area contributed by atoms with E-state index in [-0.39, 0.29) is 12.1 Å². The van der Waals surface area contributed by atoms with E-state index in [0.717, 1.165) is 40.0 Å². The molecule has 0 spiro atoms. The normalized spacial score (nSPS) is 16.8. The van der Waals surface area contributed by atoms with Crippen molar-refractivity contribution in [2.24, 2.45) is 0 Å². The summed E-state index contributed by atoms with van der Waals surface area (Å²) in [7, 11) is 0. The fourth-order valence-electron chi connectivity index (χ4n) is 5.35. The van der Waals surface area contributed by atoms with Crippen molar-refractivity contribution in [3.63, 3.8) is 0 Å². The van der Waals surface area contributed by atoms with E-state index >= 15 is 0 Å². The van der Waals surface area contributed by atoms with Gasteiger partial charge in [-0.3, -0.25) is 4.98 Å². The Labute approximate surface area is 238 Å². The van der Waals surface area contributed by atoms with E-state index in [0.29, 0.717) is 10.1 Å². The van der Waals surface area contributed by atoms with Crippen LogP contribution in [-0.4, -0.2) is 14.7 Å². The third-order valence-electron chi connectivity index (χ3n) is 7.05. The number of ether oxygens (including phenoxy) is 1. The zero-order chi connectivity index (χ0) is 26.9. The second kappa shape index (κ2) is 10.6. The molecule has 6 rings (SSSR count). The lowest BCUT2D eigenvalue weighted by Gasteiger charge is -2.28. The van der Waals surface area contributed by atoms with Crippen LogP contribution in [0.4, 0.5) is 5.69 Å². The molecule has 1 aliphatic heterocycles. The van der Waals surface area contributed by atoms with Crippen LogP contribution in [0.2, 0.25) is 5.02 Å². The van der Waals surface area contributed by atoms with Crippen molar-refractivity contribution < 1.29 is 4.74 Å². The predicted octanol–water partition coefficient (Wildman–Crippen LogP) is 8.11. The number of thiocarbonyl (C=S) groups is 1. The summed E-state index contributed by atoms with van der Waals surface area (Å²) in [5.41, 5.74) is 6.35. The molecule has 0 aliphatic carbocycles.